The summed E-state index contributed by atoms with van der Waals surface area (Å²) in [7, 11) is -3.07. The molecule has 1 atom stereocenters. The molecule has 6 nitrogen and oxygen atoms in total. The van der Waals surface area contributed by atoms with E-state index in [1.54, 1.807) is 29.2 Å². The van der Waals surface area contributed by atoms with Crippen molar-refractivity contribution in [3.63, 3.8) is 0 Å². The van der Waals surface area contributed by atoms with E-state index in [0.29, 0.717) is 24.3 Å². The number of nitrogens with zero attached hydrogens (tertiary/aromatic N) is 2. The summed E-state index contributed by atoms with van der Waals surface area (Å²) >= 11 is 0. The molecule has 3 rings (SSSR count). The second kappa shape index (κ2) is 7.41. The standard InChI is InChI=1S/C18H20FN3O3S/c1-2-22(16-8-9-26(24,25)12-16)18(23)17-7-6-15(11-20-17)21-14-5-3-4-13(19)10-14/h3-7,10-11,16,21H,2,8-9,12H2,1H3. The number of pyridine rings is 1. The van der Waals surface area contributed by atoms with Gasteiger partial charge in [-0.15, -0.1) is 0 Å². The summed E-state index contributed by atoms with van der Waals surface area (Å²) in [5.74, 6) is -0.510. The zero-order valence-corrected chi connectivity index (χ0v) is 15.2. The van der Waals surface area contributed by atoms with Crippen molar-refractivity contribution >= 4 is 27.1 Å². The molecule has 0 radical (unpaired) electrons. The second-order valence-corrected chi connectivity index (χ2v) is 8.44. The summed E-state index contributed by atoms with van der Waals surface area (Å²) in [4.78, 5) is 18.4. The summed E-state index contributed by atoms with van der Waals surface area (Å²) in [5.41, 5.74) is 1.46. The summed E-state index contributed by atoms with van der Waals surface area (Å²) < 4.78 is 36.6. The third kappa shape index (κ3) is 4.19. The average Bonchev–Trinajstić information content (AvgIpc) is 2.96. The molecule has 1 amide bonds. The Kier molecular flexibility index (Phi) is 5.22. The SMILES string of the molecule is CCN(C(=O)c1ccc(Nc2cccc(F)c2)cn1)C1CCS(=O)(=O)C1. The first kappa shape index (κ1) is 18.3. The van der Waals surface area contributed by atoms with E-state index < -0.39 is 9.84 Å². The Morgan fingerprint density at radius 3 is 2.69 bits per heavy atom. The highest BCUT2D eigenvalue weighted by atomic mass is 32.2. The van der Waals surface area contributed by atoms with Crippen molar-refractivity contribution in [2.24, 2.45) is 0 Å². The average molecular weight is 377 g/mol. The number of rotatable bonds is 5. The second-order valence-electron chi connectivity index (χ2n) is 6.22. The van der Waals surface area contributed by atoms with Crippen molar-refractivity contribution in [2.45, 2.75) is 19.4 Å². The largest absolute Gasteiger partial charge is 0.354 e. The number of sulfone groups is 1. The minimum Gasteiger partial charge on any atom is -0.354 e. The number of amides is 1. The Bertz CT molecular complexity index is 900. The lowest BCUT2D eigenvalue weighted by Crippen LogP contribution is -2.41. The first-order valence-electron chi connectivity index (χ1n) is 8.38. The maximum Gasteiger partial charge on any atom is 0.272 e. The highest BCUT2D eigenvalue weighted by Gasteiger charge is 2.34. The molecule has 1 aromatic heterocycles. The molecule has 2 aromatic rings. The topological polar surface area (TPSA) is 79.4 Å². The summed E-state index contributed by atoms with van der Waals surface area (Å²) in [6.45, 7) is 2.24. The smallest absolute Gasteiger partial charge is 0.272 e. The predicted molar refractivity (Wildman–Crippen MR) is 97.7 cm³/mol. The molecule has 0 saturated carbocycles. The summed E-state index contributed by atoms with van der Waals surface area (Å²) in [6, 6.07) is 9.00. The first-order valence-corrected chi connectivity index (χ1v) is 10.2. The Balaban J connectivity index is 1.71. The Labute approximate surface area is 152 Å². The van der Waals surface area contributed by atoms with Crippen LogP contribution in [0.5, 0.6) is 0 Å². The van der Waals surface area contributed by atoms with Gasteiger partial charge in [-0.3, -0.25) is 4.79 Å². The van der Waals surface area contributed by atoms with E-state index in [1.165, 1.54) is 18.3 Å². The van der Waals surface area contributed by atoms with Crippen LogP contribution in [0.3, 0.4) is 0 Å². The van der Waals surface area contributed by atoms with E-state index in [4.69, 9.17) is 0 Å². The van der Waals surface area contributed by atoms with Gasteiger partial charge in [0, 0.05) is 18.3 Å². The molecular weight excluding hydrogens is 357 g/mol. The van der Waals surface area contributed by atoms with E-state index in [-0.39, 0.29) is 35.0 Å². The zero-order chi connectivity index (χ0) is 18.7. The minimum absolute atomic E-state index is 0.00574. The molecule has 0 bridgehead atoms. The number of hydrogen-bond donors (Lipinski definition) is 1. The van der Waals surface area contributed by atoms with Crippen molar-refractivity contribution in [3.8, 4) is 0 Å². The van der Waals surface area contributed by atoms with E-state index in [2.05, 4.69) is 10.3 Å². The molecule has 0 spiro atoms. The molecule has 1 fully saturated rings. The van der Waals surface area contributed by atoms with E-state index in [1.807, 2.05) is 6.92 Å². The van der Waals surface area contributed by atoms with E-state index in [9.17, 15) is 17.6 Å². The molecule has 1 aliphatic rings. The number of carbonyl (C=O) groups excluding carboxylic acids is 1. The normalized spacial score (nSPS) is 18.5. The molecule has 1 N–H and O–H groups in total. The molecule has 0 aliphatic carbocycles. The lowest BCUT2D eigenvalue weighted by Gasteiger charge is -2.26. The fourth-order valence-corrected chi connectivity index (χ4v) is 4.79. The van der Waals surface area contributed by atoms with Crippen LogP contribution in [0.1, 0.15) is 23.8 Å². The van der Waals surface area contributed by atoms with Gasteiger partial charge in [-0.05, 0) is 43.7 Å². The molecule has 138 valence electrons. The fourth-order valence-electron chi connectivity index (χ4n) is 3.06. The molecule has 8 heteroatoms. The quantitative estimate of drug-likeness (QED) is 0.866. The van der Waals surface area contributed by atoms with Gasteiger partial charge in [0.15, 0.2) is 9.84 Å². The lowest BCUT2D eigenvalue weighted by atomic mass is 10.2. The van der Waals surface area contributed by atoms with Crippen molar-refractivity contribution in [3.05, 3.63) is 54.1 Å². The Morgan fingerprint density at radius 2 is 2.12 bits per heavy atom. The van der Waals surface area contributed by atoms with Gasteiger partial charge < -0.3 is 10.2 Å². The third-order valence-corrected chi connectivity index (χ3v) is 6.10. The summed E-state index contributed by atoms with van der Waals surface area (Å²) in [6.07, 6.45) is 1.96. The van der Waals surface area contributed by atoms with Crippen LogP contribution >= 0.6 is 0 Å². The number of benzene rings is 1. The van der Waals surface area contributed by atoms with Crippen LogP contribution in [0.25, 0.3) is 0 Å². The summed E-state index contributed by atoms with van der Waals surface area (Å²) in [5, 5.41) is 3.01. The number of anilines is 2. The Hall–Kier alpha value is -2.48. The van der Waals surface area contributed by atoms with Gasteiger partial charge in [-0.2, -0.15) is 0 Å². The minimum atomic E-state index is -3.07. The van der Waals surface area contributed by atoms with Crippen LogP contribution in [0.2, 0.25) is 0 Å². The van der Waals surface area contributed by atoms with Crippen molar-refractivity contribution in [2.75, 3.05) is 23.4 Å². The highest BCUT2D eigenvalue weighted by molar-refractivity contribution is 7.91. The molecule has 1 aromatic carbocycles. The number of aromatic nitrogens is 1. The van der Waals surface area contributed by atoms with Crippen LogP contribution < -0.4 is 5.32 Å². The number of carbonyl (C=O) groups is 1. The zero-order valence-electron chi connectivity index (χ0n) is 14.4. The van der Waals surface area contributed by atoms with Crippen molar-refractivity contribution in [1.82, 2.24) is 9.88 Å². The van der Waals surface area contributed by atoms with E-state index in [0.717, 1.165) is 0 Å². The van der Waals surface area contributed by atoms with Gasteiger partial charge in [-0.1, -0.05) is 6.07 Å². The van der Waals surface area contributed by atoms with Gasteiger partial charge in [0.05, 0.1) is 23.4 Å². The van der Waals surface area contributed by atoms with Crippen LogP contribution in [-0.4, -0.2) is 48.3 Å². The number of halogens is 1. The van der Waals surface area contributed by atoms with Crippen LogP contribution in [0, 0.1) is 5.82 Å². The van der Waals surface area contributed by atoms with Crippen LogP contribution in [-0.2, 0) is 9.84 Å². The lowest BCUT2D eigenvalue weighted by molar-refractivity contribution is 0.0702. The van der Waals surface area contributed by atoms with Crippen molar-refractivity contribution < 1.29 is 17.6 Å². The van der Waals surface area contributed by atoms with Gasteiger partial charge in [0.1, 0.15) is 11.5 Å². The van der Waals surface area contributed by atoms with Crippen LogP contribution in [0.15, 0.2) is 42.6 Å². The number of hydrogen-bond acceptors (Lipinski definition) is 5. The number of nitrogens with one attached hydrogen (secondary N) is 1. The monoisotopic (exact) mass is 377 g/mol. The maximum absolute atomic E-state index is 13.2. The van der Waals surface area contributed by atoms with Crippen LogP contribution in [0.4, 0.5) is 15.8 Å². The first-order chi connectivity index (χ1) is 12.4. The van der Waals surface area contributed by atoms with Crippen molar-refractivity contribution in [1.29, 1.82) is 0 Å². The molecule has 1 saturated heterocycles. The predicted octanol–water partition coefficient (Wildman–Crippen LogP) is 2.61. The molecule has 26 heavy (non-hydrogen) atoms. The molecule has 1 unspecified atom stereocenters. The van der Waals surface area contributed by atoms with Gasteiger partial charge in [0.2, 0.25) is 0 Å². The molecule has 1 aliphatic heterocycles. The van der Waals surface area contributed by atoms with Gasteiger partial charge in [0.25, 0.3) is 5.91 Å². The Morgan fingerprint density at radius 1 is 1.31 bits per heavy atom. The molecule has 2 heterocycles. The highest BCUT2D eigenvalue weighted by Crippen LogP contribution is 2.21. The van der Waals surface area contributed by atoms with Gasteiger partial charge >= 0.3 is 0 Å². The van der Waals surface area contributed by atoms with E-state index >= 15 is 0 Å². The molecular formula is C18H20FN3O3S. The van der Waals surface area contributed by atoms with Gasteiger partial charge in [-0.25, -0.2) is 17.8 Å². The maximum atomic E-state index is 13.2. The third-order valence-electron chi connectivity index (χ3n) is 4.35. The fraction of sp³-hybridized carbons (Fsp3) is 0.333.